The molecule has 6 heteroatoms. The van der Waals surface area contributed by atoms with Crippen LogP contribution in [0.4, 0.5) is 0 Å². The summed E-state index contributed by atoms with van der Waals surface area (Å²) >= 11 is 0. The number of nitrogens with zero attached hydrogens (tertiary/aromatic N) is 3. The van der Waals surface area contributed by atoms with E-state index < -0.39 is 5.91 Å². The van der Waals surface area contributed by atoms with Gasteiger partial charge in [0.15, 0.2) is 5.65 Å². The molecule has 2 aromatic carbocycles. The Bertz CT molecular complexity index is 1410. The Morgan fingerprint density at radius 1 is 1.10 bits per heavy atom. The molecule has 5 rings (SSSR count). The maximum atomic E-state index is 11.5. The molecule has 3 aromatic heterocycles. The zero-order valence-corrected chi connectivity index (χ0v) is 16.8. The van der Waals surface area contributed by atoms with Gasteiger partial charge in [0.25, 0.3) is 0 Å². The molecule has 1 unspecified atom stereocenters. The van der Waals surface area contributed by atoms with E-state index >= 15 is 0 Å². The van der Waals surface area contributed by atoms with Gasteiger partial charge in [0.05, 0.1) is 22.8 Å². The first-order chi connectivity index (χ1) is 14.5. The van der Waals surface area contributed by atoms with Crippen LogP contribution >= 0.6 is 0 Å². The van der Waals surface area contributed by atoms with Crippen molar-refractivity contribution < 1.29 is 4.79 Å². The molecular formula is C24H21N5O. The number of primary amides is 1. The molecule has 5 aromatic rings. The summed E-state index contributed by atoms with van der Waals surface area (Å²) in [6, 6.07) is 20.1. The molecule has 3 heterocycles. The summed E-state index contributed by atoms with van der Waals surface area (Å²) in [6.45, 7) is 4.03. The summed E-state index contributed by atoms with van der Waals surface area (Å²) in [7, 11) is 0. The van der Waals surface area contributed by atoms with Gasteiger partial charge in [-0.1, -0.05) is 18.2 Å². The van der Waals surface area contributed by atoms with Crippen LogP contribution < -0.4 is 5.73 Å². The van der Waals surface area contributed by atoms with Crippen molar-refractivity contribution in [3.8, 4) is 11.3 Å². The van der Waals surface area contributed by atoms with Gasteiger partial charge < -0.3 is 5.73 Å². The number of hydrogen-bond acceptors (Lipinski definition) is 3. The van der Waals surface area contributed by atoms with Crippen molar-refractivity contribution in [2.45, 2.75) is 19.9 Å². The van der Waals surface area contributed by atoms with Crippen molar-refractivity contribution in [1.29, 1.82) is 0 Å². The molecular weight excluding hydrogens is 374 g/mol. The van der Waals surface area contributed by atoms with Crippen LogP contribution in [0.3, 0.4) is 0 Å². The van der Waals surface area contributed by atoms with E-state index in [1.165, 1.54) is 5.56 Å². The number of hydrogen-bond donors (Lipinski definition) is 2. The first kappa shape index (κ1) is 18.1. The molecule has 0 radical (unpaired) electrons. The van der Waals surface area contributed by atoms with Gasteiger partial charge in [0.1, 0.15) is 0 Å². The summed E-state index contributed by atoms with van der Waals surface area (Å²) in [4.78, 5) is 20.8. The molecule has 3 N–H and O–H groups in total. The summed E-state index contributed by atoms with van der Waals surface area (Å²) in [6.07, 6.45) is 1.81. The van der Waals surface area contributed by atoms with Crippen LogP contribution in [0, 0.1) is 6.92 Å². The van der Waals surface area contributed by atoms with E-state index in [0.29, 0.717) is 5.56 Å². The second-order valence-corrected chi connectivity index (χ2v) is 7.57. The number of carbonyl (C=O) groups is 1. The smallest absolute Gasteiger partial charge is 0.248 e. The number of carbonyl (C=O) groups excluding carboxylic acids is 1. The van der Waals surface area contributed by atoms with Crippen molar-refractivity contribution in [3.63, 3.8) is 0 Å². The normalized spacial score (nSPS) is 12.5. The van der Waals surface area contributed by atoms with Gasteiger partial charge in [-0.2, -0.15) is 0 Å². The van der Waals surface area contributed by atoms with E-state index in [4.69, 9.17) is 10.7 Å². The lowest BCUT2D eigenvalue weighted by molar-refractivity contribution is 0.0999. The number of rotatable bonds is 4. The molecule has 148 valence electrons. The summed E-state index contributed by atoms with van der Waals surface area (Å²) in [5.41, 5.74) is 12.7. The summed E-state index contributed by atoms with van der Waals surface area (Å²) < 4.78 is 2.07. The van der Waals surface area contributed by atoms with Crippen LogP contribution in [0.25, 0.3) is 33.3 Å². The molecule has 6 nitrogen and oxygen atoms in total. The van der Waals surface area contributed by atoms with Gasteiger partial charge in [-0.15, -0.1) is 0 Å². The molecule has 1 amide bonds. The Morgan fingerprint density at radius 2 is 1.97 bits per heavy atom. The minimum atomic E-state index is -0.418. The number of nitrogens with two attached hydrogens (primary N) is 1. The minimum Gasteiger partial charge on any atom is -0.366 e. The lowest BCUT2D eigenvalue weighted by Crippen LogP contribution is -2.18. The number of fused-ring (bicyclic) bond motifs is 2. The molecule has 0 aliphatic heterocycles. The Kier molecular flexibility index (Phi) is 4.13. The lowest BCUT2D eigenvalue weighted by atomic mass is 10.0. The quantitative estimate of drug-likeness (QED) is 0.466. The predicted molar refractivity (Wildman–Crippen MR) is 118 cm³/mol. The summed E-state index contributed by atoms with van der Waals surface area (Å²) in [5.74, 6) is -0.418. The number of aromatic amines is 1. The third-order valence-corrected chi connectivity index (χ3v) is 5.63. The average Bonchev–Trinajstić information content (AvgIpc) is 2.73. The fraction of sp³-hybridized carbons (Fsp3) is 0.125. The highest BCUT2D eigenvalue weighted by atomic mass is 16.1. The minimum absolute atomic E-state index is 0.101. The predicted octanol–water partition coefficient (Wildman–Crippen LogP) is 4.60. The van der Waals surface area contributed by atoms with E-state index in [9.17, 15) is 4.79 Å². The monoisotopic (exact) mass is 395 g/mol. The number of aryl methyl sites for hydroxylation is 1. The Balaban J connectivity index is 1.52. The molecule has 30 heavy (non-hydrogen) atoms. The van der Waals surface area contributed by atoms with Crippen molar-refractivity contribution in [3.05, 3.63) is 83.6 Å². The highest BCUT2D eigenvalue weighted by molar-refractivity contribution is 5.95. The van der Waals surface area contributed by atoms with Crippen molar-refractivity contribution in [1.82, 2.24) is 19.7 Å². The second kappa shape index (κ2) is 6.84. The molecule has 0 bridgehead atoms. The highest BCUT2D eigenvalue weighted by Crippen LogP contribution is 2.28. The lowest BCUT2D eigenvalue weighted by Gasteiger charge is -2.23. The van der Waals surface area contributed by atoms with E-state index in [-0.39, 0.29) is 6.04 Å². The number of nitrogens with one attached hydrogen (secondary N) is 1. The van der Waals surface area contributed by atoms with Crippen LogP contribution in [0.2, 0.25) is 0 Å². The van der Waals surface area contributed by atoms with E-state index in [0.717, 1.165) is 38.9 Å². The molecule has 0 saturated heterocycles. The van der Waals surface area contributed by atoms with Crippen molar-refractivity contribution in [2.75, 3.05) is 0 Å². The van der Waals surface area contributed by atoms with Crippen LogP contribution in [0.15, 0.2) is 66.9 Å². The number of aromatic nitrogens is 4. The van der Waals surface area contributed by atoms with Gasteiger partial charge in [0, 0.05) is 22.7 Å². The van der Waals surface area contributed by atoms with E-state index in [2.05, 4.69) is 46.0 Å². The van der Waals surface area contributed by atoms with Crippen molar-refractivity contribution >= 4 is 28.0 Å². The fourth-order valence-corrected chi connectivity index (χ4v) is 3.89. The molecule has 1 atom stereocenters. The SMILES string of the molecule is Cc1cc(-c2ccc3[nH]n(C(C)c4ccc5ncccc5c4)c3n2)ccc1C(N)=O. The third-order valence-electron chi connectivity index (χ3n) is 5.63. The van der Waals surface area contributed by atoms with Crippen LogP contribution in [-0.4, -0.2) is 25.7 Å². The average molecular weight is 395 g/mol. The molecule has 0 aliphatic rings. The molecule has 0 aliphatic carbocycles. The van der Waals surface area contributed by atoms with Gasteiger partial charge in [-0.3, -0.25) is 19.6 Å². The Morgan fingerprint density at radius 3 is 2.77 bits per heavy atom. The number of H-pyrrole nitrogens is 1. The van der Waals surface area contributed by atoms with Gasteiger partial charge >= 0.3 is 0 Å². The van der Waals surface area contributed by atoms with E-state index in [1.54, 1.807) is 6.07 Å². The highest BCUT2D eigenvalue weighted by Gasteiger charge is 2.17. The second-order valence-electron chi connectivity index (χ2n) is 7.57. The Labute approximate surface area is 173 Å². The first-order valence-corrected chi connectivity index (χ1v) is 9.84. The topological polar surface area (TPSA) is 89.6 Å². The largest absolute Gasteiger partial charge is 0.366 e. The van der Waals surface area contributed by atoms with Crippen LogP contribution in [-0.2, 0) is 0 Å². The van der Waals surface area contributed by atoms with Crippen molar-refractivity contribution in [2.24, 2.45) is 5.73 Å². The molecule has 0 saturated carbocycles. The van der Waals surface area contributed by atoms with Gasteiger partial charge in [-0.25, -0.2) is 4.98 Å². The standard InChI is InChI=1S/C24H21N5O/c1-14-12-18(5-7-19(14)23(25)30)21-9-10-22-24(27-21)29(28-22)15(2)16-6-8-20-17(13-16)4-3-11-26-20/h3-13,15,28H,1-2H3,(H2,25,30). The maximum absolute atomic E-state index is 11.5. The third kappa shape index (κ3) is 2.93. The number of amides is 1. The summed E-state index contributed by atoms with van der Waals surface area (Å²) in [5, 5.41) is 4.50. The van der Waals surface area contributed by atoms with Gasteiger partial charge in [0.2, 0.25) is 5.91 Å². The zero-order valence-electron chi connectivity index (χ0n) is 16.8. The van der Waals surface area contributed by atoms with Crippen LogP contribution in [0.5, 0.6) is 0 Å². The van der Waals surface area contributed by atoms with Gasteiger partial charge in [-0.05, 0) is 67.4 Å². The van der Waals surface area contributed by atoms with Crippen LogP contribution in [0.1, 0.15) is 34.5 Å². The number of benzene rings is 2. The molecule has 0 spiro atoms. The fourth-order valence-electron chi connectivity index (χ4n) is 3.89. The first-order valence-electron chi connectivity index (χ1n) is 9.84. The molecule has 0 fully saturated rings. The van der Waals surface area contributed by atoms with E-state index in [1.807, 2.05) is 43.5 Å². The Hall–Kier alpha value is -3.93. The maximum Gasteiger partial charge on any atom is 0.248 e. The number of pyridine rings is 2. The zero-order chi connectivity index (χ0) is 20.8.